The van der Waals surface area contributed by atoms with Crippen LogP contribution in [0.15, 0.2) is 24.3 Å². The highest BCUT2D eigenvalue weighted by Crippen LogP contribution is 2.16. The van der Waals surface area contributed by atoms with Gasteiger partial charge in [0, 0.05) is 18.7 Å². The van der Waals surface area contributed by atoms with E-state index < -0.39 is 6.04 Å². The predicted octanol–water partition coefficient (Wildman–Crippen LogP) is 1.16. The Kier molecular flexibility index (Phi) is 4.51. The van der Waals surface area contributed by atoms with Crippen molar-refractivity contribution in [3.05, 3.63) is 24.3 Å². The molecule has 2 N–H and O–H groups in total. The molecule has 1 rings (SSSR count). The van der Waals surface area contributed by atoms with Crippen LogP contribution in [0.5, 0.6) is 5.75 Å². The molecule has 0 aliphatic rings. The van der Waals surface area contributed by atoms with Crippen LogP contribution in [-0.2, 0) is 9.59 Å². The minimum atomic E-state index is -0.571. The highest BCUT2D eigenvalue weighted by atomic mass is 16.5. The van der Waals surface area contributed by atoms with Crippen LogP contribution in [0, 0.1) is 0 Å². The molecule has 0 aliphatic heterocycles. The minimum absolute atomic E-state index is 0.238. The molecule has 0 aliphatic carbocycles. The Morgan fingerprint density at radius 2 is 2.06 bits per heavy atom. The molecule has 0 heterocycles. The quantitative estimate of drug-likeness (QED) is 0.824. The summed E-state index contributed by atoms with van der Waals surface area (Å²) in [5.41, 5.74) is 0.631. The number of ether oxygens (including phenoxy) is 1. The number of nitrogens with one attached hydrogen (secondary N) is 2. The van der Waals surface area contributed by atoms with E-state index in [-0.39, 0.29) is 11.8 Å². The van der Waals surface area contributed by atoms with Gasteiger partial charge in [-0.2, -0.15) is 0 Å². The molecule has 0 aromatic heterocycles. The summed E-state index contributed by atoms with van der Waals surface area (Å²) < 4.78 is 5.04. The molecule has 0 saturated carbocycles. The fourth-order valence-corrected chi connectivity index (χ4v) is 1.32. The number of anilines is 1. The molecular weight excluding hydrogens is 220 g/mol. The Hall–Kier alpha value is -2.04. The molecule has 92 valence electrons. The molecule has 1 aromatic carbocycles. The lowest BCUT2D eigenvalue weighted by Crippen LogP contribution is -2.40. The van der Waals surface area contributed by atoms with Crippen LogP contribution in [0.25, 0.3) is 0 Å². The second-order valence-electron chi connectivity index (χ2n) is 3.64. The number of hydrogen-bond acceptors (Lipinski definition) is 3. The number of hydrogen-bond donors (Lipinski definition) is 2. The normalized spacial score (nSPS) is 11.5. The lowest BCUT2D eigenvalue weighted by molar-refractivity contribution is -0.124. The topological polar surface area (TPSA) is 67.4 Å². The number of methoxy groups -OCH3 is 1. The van der Waals surface area contributed by atoms with Gasteiger partial charge >= 0.3 is 0 Å². The van der Waals surface area contributed by atoms with Crippen LogP contribution < -0.4 is 15.4 Å². The molecule has 5 nitrogen and oxygen atoms in total. The smallest absolute Gasteiger partial charge is 0.246 e. The number of carbonyl (C=O) groups is 2. The maximum Gasteiger partial charge on any atom is 0.246 e. The van der Waals surface area contributed by atoms with E-state index in [0.29, 0.717) is 11.4 Å². The van der Waals surface area contributed by atoms with Crippen molar-refractivity contribution >= 4 is 17.5 Å². The van der Waals surface area contributed by atoms with Crippen LogP contribution in [0.1, 0.15) is 13.8 Å². The summed E-state index contributed by atoms with van der Waals surface area (Å²) in [5.74, 6) is 0.154. The van der Waals surface area contributed by atoms with Crippen molar-refractivity contribution < 1.29 is 14.3 Å². The molecule has 0 bridgehead atoms. The van der Waals surface area contributed by atoms with Crippen molar-refractivity contribution in [2.24, 2.45) is 0 Å². The standard InChI is InChI=1S/C12H16N2O3/c1-8(13-9(2)15)12(16)14-10-5-4-6-11(7-10)17-3/h4-8H,1-3H3,(H,13,15)(H,14,16). The highest BCUT2D eigenvalue weighted by molar-refractivity contribution is 5.96. The molecule has 1 atom stereocenters. The summed E-state index contributed by atoms with van der Waals surface area (Å²) in [4.78, 5) is 22.5. The van der Waals surface area contributed by atoms with Crippen molar-refractivity contribution in [2.75, 3.05) is 12.4 Å². The van der Waals surface area contributed by atoms with Crippen molar-refractivity contribution in [3.8, 4) is 5.75 Å². The van der Waals surface area contributed by atoms with E-state index >= 15 is 0 Å². The molecule has 0 radical (unpaired) electrons. The van der Waals surface area contributed by atoms with Crippen molar-refractivity contribution in [2.45, 2.75) is 19.9 Å². The third kappa shape index (κ3) is 4.14. The van der Waals surface area contributed by atoms with Gasteiger partial charge in [-0.15, -0.1) is 0 Å². The average Bonchev–Trinajstić information content (AvgIpc) is 2.28. The zero-order valence-corrected chi connectivity index (χ0v) is 10.1. The van der Waals surface area contributed by atoms with E-state index in [4.69, 9.17) is 4.74 Å². The van der Waals surface area contributed by atoms with Crippen LogP contribution in [0.2, 0.25) is 0 Å². The summed E-state index contributed by atoms with van der Waals surface area (Å²) in [6.45, 7) is 2.99. The molecule has 1 aromatic rings. The van der Waals surface area contributed by atoms with Crippen LogP contribution in [-0.4, -0.2) is 25.0 Å². The van der Waals surface area contributed by atoms with Gasteiger partial charge in [0.25, 0.3) is 0 Å². The zero-order chi connectivity index (χ0) is 12.8. The Balaban J connectivity index is 2.64. The van der Waals surface area contributed by atoms with Gasteiger partial charge in [-0.3, -0.25) is 9.59 Å². The Bertz CT molecular complexity index is 418. The fourth-order valence-electron chi connectivity index (χ4n) is 1.32. The number of carbonyl (C=O) groups excluding carboxylic acids is 2. The second kappa shape index (κ2) is 5.89. The van der Waals surface area contributed by atoms with E-state index in [1.165, 1.54) is 6.92 Å². The Labute approximate surface area is 100 Å². The first kappa shape index (κ1) is 13.0. The number of rotatable bonds is 4. The molecule has 1 unspecified atom stereocenters. The summed E-state index contributed by atoms with van der Waals surface area (Å²) in [6.07, 6.45) is 0. The lowest BCUT2D eigenvalue weighted by Gasteiger charge is -2.13. The maximum absolute atomic E-state index is 11.7. The average molecular weight is 236 g/mol. The summed E-state index contributed by atoms with van der Waals surface area (Å²) in [6, 6.07) is 6.45. The van der Waals surface area contributed by atoms with E-state index in [2.05, 4.69) is 10.6 Å². The number of amides is 2. The number of benzene rings is 1. The van der Waals surface area contributed by atoms with Gasteiger partial charge in [0.15, 0.2) is 0 Å². The van der Waals surface area contributed by atoms with Crippen molar-refractivity contribution in [1.82, 2.24) is 5.32 Å². The minimum Gasteiger partial charge on any atom is -0.497 e. The van der Waals surface area contributed by atoms with Gasteiger partial charge < -0.3 is 15.4 Å². The third-order valence-corrected chi connectivity index (χ3v) is 2.15. The fraction of sp³-hybridized carbons (Fsp3) is 0.333. The zero-order valence-electron chi connectivity index (χ0n) is 10.1. The van der Waals surface area contributed by atoms with Gasteiger partial charge in [-0.1, -0.05) is 6.07 Å². The van der Waals surface area contributed by atoms with E-state index in [1.807, 2.05) is 0 Å². The molecule has 0 fully saturated rings. The lowest BCUT2D eigenvalue weighted by atomic mass is 10.2. The monoisotopic (exact) mass is 236 g/mol. The first-order valence-electron chi connectivity index (χ1n) is 5.25. The molecule has 2 amide bonds. The van der Waals surface area contributed by atoms with Crippen molar-refractivity contribution in [3.63, 3.8) is 0 Å². The summed E-state index contributed by atoms with van der Waals surface area (Å²) in [7, 11) is 1.56. The Morgan fingerprint density at radius 3 is 2.65 bits per heavy atom. The molecule has 17 heavy (non-hydrogen) atoms. The van der Waals surface area contributed by atoms with Gasteiger partial charge in [-0.05, 0) is 19.1 Å². The van der Waals surface area contributed by atoms with E-state index in [9.17, 15) is 9.59 Å². The molecule has 0 spiro atoms. The molecule has 5 heteroatoms. The maximum atomic E-state index is 11.7. The molecular formula is C12H16N2O3. The Morgan fingerprint density at radius 1 is 1.35 bits per heavy atom. The summed E-state index contributed by atoms with van der Waals surface area (Å²) in [5, 5.41) is 5.20. The highest BCUT2D eigenvalue weighted by Gasteiger charge is 2.13. The second-order valence-corrected chi connectivity index (χ2v) is 3.64. The predicted molar refractivity (Wildman–Crippen MR) is 64.9 cm³/mol. The van der Waals surface area contributed by atoms with Gasteiger partial charge in [0.2, 0.25) is 11.8 Å². The first-order valence-corrected chi connectivity index (χ1v) is 5.25. The third-order valence-electron chi connectivity index (χ3n) is 2.15. The van der Waals surface area contributed by atoms with E-state index in [1.54, 1.807) is 38.3 Å². The van der Waals surface area contributed by atoms with Crippen molar-refractivity contribution in [1.29, 1.82) is 0 Å². The van der Waals surface area contributed by atoms with Gasteiger partial charge in [0.05, 0.1) is 7.11 Å². The SMILES string of the molecule is COc1cccc(NC(=O)C(C)NC(C)=O)c1. The van der Waals surface area contributed by atoms with Crippen LogP contribution in [0.3, 0.4) is 0 Å². The van der Waals surface area contributed by atoms with Gasteiger partial charge in [0.1, 0.15) is 11.8 Å². The summed E-state index contributed by atoms with van der Waals surface area (Å²) >= 11 is 0. The van der Waals surface area contributed by atoms with Gasteiger partial charge in [-0.25, -0.2) is 0 Å². The van der Waals surface area contributed by atoms with E-state index in [0.717, 1.165) is 0 Å². The van der Waals surface area contributed by atoms with Crippen LogP contribution in [0.4, 0.5) is 5.69 Å². The molecule has 0 saturated heterocycles. The largest absolute Gasteiger partial charge is 0.497 e. The van der Waals surface area contributed by atoms with Crippen LogP contribution >= 0.6 is 0 Å². The first-order chi connectivity index (χ1) is 8.02.